The van der Waals surface area contributed by atoms with E-state index in [0.717, 1.165) is 0 Å². The molecule has 1 aliphatic heterocycles. The molecule has 0 aliphatic carbocycles. The van der Waals surface area contributed by atoms with E-state index in [9.17, 15) is 14.7 Å². The van der Waals surface area contributed by atoms with E-state index in [4.69, 9.17) is 9.47 Å². The number of carbonyl (C=O) groups is 2. The van der Waals surface area contributed by atoms with Crippen molar-refractivity contribution in [1.82, 2.24) is 0 Å². The lowest BCUT2D eigenvalue weighted by Crippen LogP contribution is -2.22. The predicted octanol–water partition coefficient (Wildman–Crippen LogP) is 2.65. The molecule has 0 spiro atoms. The average molecular weight is 327 g/mol. The van der Waals surface area contributed by atoms with Gasteiger partial charge in [0, 0.05) is 6.42 Å². The normalized spacial score (nSPS) is 13.8. The van der Waals surface area contributed by atoms with Gasteiger partial charge in [-0.2, -0.15) is 0 Å². The summed E-state index contributed by atoms with van der Waals surface area (Å²) in [4.78, 5) is 23.8. The van der Waals surface area contributed by atoms with Gasteiger partial charge in [-0.1, -0.05) is 36.4 Å². The van der Waals surface area contributed by atoms with Gasteiger partial charge in [0.1, 0.15) is 13.2 Å². The molecule has 0 radical (unpaired) electrons. The number of ether oxygens (including phenoxy) is 2. The molecule has 2 N–H and O–H groups in total. The molecule has 1 atom stereocenters. The van der Waals surface area contributed by atoms with E-state index in [1.165, 1.54) is 0 Å². The summed E-state index contributed by atoms with van der Waals surface area (Å²) in [6.45, 7) is 0.862. The zero-order chi connectivity index (χ0) is 16.9. The van der Waals surface area contributed by atoms with Crippen molar-refractivity contribution >= 4 is 17.6 Å². The van der Waals surface area contributed by atoms with Crippen LogP contribution in [-0.4, -0.2) is 30.2 Å². The molecule has 1 amide bonds. The van der Waals surface area contributed by atoms with E-state index in [-0.39, 0.29) is 6.42 Å². The Labute approximate surface area is 139 Å². The second kappa shape index (κ2) is 7.04. The highest BCUT2D eigenvalue weighted by Gasteiger charge is 2.24. The number of rotatable bonds is 5. The fraction of sp³-hybridized carbons (Fsp3) is 0.222. The number of nitrogens with one attached hydrogen (secondary N) is 1. The lowest BCUT2D eigenvalue weighted by atomic mass is 9.95. The van der Waals surface area contributed by atoms with Crippen molar-refractivity contribution in [2.75, 3.05) is 18.5 Å². The molecule has 6 nitrogen and oxygen atoms in total. The minimum atomic E-state index is -1.04. The second-order valence-electron chi connectivity index (χ2n) is 5.38. The lowest BCUT2D eigenvalue weighted by molar-refractivity contribution is -0.140. The Morgan fingerprint density at radius 2 is 1.79 bits per heavy atom. The Balaban J connectivity index is 1.74. The highest BCUT2D eigenvalue weighted by Crippen LogP contribution is 2.37. The number of anilines is 1. The van der Waals surface area contributed by atoms with Crippen LogP contribution in [0.3, 0.4) is 0 Å². The van der Waals surface area contributed by atoms with Gasteiger partial charge in [-0.05, 0) is 17.7 Å². The maximum Gasteiger partial charge on any atom is 0.311 e. The van der Waals surface area contributed by atoms with Crippen LogP contribution >= 0.6 is 0 Å². The van der Waals surface area contributed by atoms with Gasteiger partial charge in [-0.25, -0.2) is 0 Å². The van der Waals surface area contributed by atoms with E-state index >= 15 is 0 Å². The quantitative estimate of drug-likeness (QED) is 0.882. The van der Waals surface area contributed by atoms with Gasteiger partial charge in [0.25, 0.3) is 0 Å². The molecule has 3 rings (SSSR count). The van der Waals surface area contributed by atoms with Crippen molar-refractivity contribution in [1.29, 1.82) is 0 Å². The van der Waals surface area contributed by atoms with Crippen LogP contribution in [-0.2, 0) is 9.59 Å². The molecule has 24 heavy (non-hydrogen) atoms. The first kappa shape index (κ1) is 15.9. The zero-order valence-electron chi connectivity index (χ0n) is 12.9. The van der Waals surface area contributed by atoms with Crippen LogP contribution in [0, 0.1) is 0 Å². The van der Waals surface area contributed by atoms with Crippen molar-refractivity contribution in [2.45, 2.75) is 12.3 Å². The summed E-state index contributed by atoms with van der Waals surface area (Å²) < 4.78 is 11.0. The molecule has 1 unspecified atom stereocenters. The highest BCUT2D eigenvalue weighted by atomic mass is 16.6. The first-order valence-corrected chi connectivity index (χ1v) is 7.61. The van der Waals surface area contributed by atoms with Gasteiger partial charge in [0.2, 0.25) is 5.91 Å². The van der Waals surface area contributed by atoms with Gasteiger partial charge in [-0.3, -0.25) is 9.59 Å². The molecular weight excluding hydrogens is 310 g/mol. The zero-order valence-corrected chi connectivity index (χ0v) is 12.9. The minimum absolute atomic E-state index is 0.163. The van der Waals surface area contributed by atoms with Crippen molar-refractivity contribution in [2.24, 2.45) is 0 Å². The third-order valence-electron chi connectivity index (χ3n) is 3.73. The van der Waals surface area contributed by atoms with Gasteiger partial charge >= 0.3 is 5.97 Å². The minimum Gasteiger partial charge on any atom is -0.486 e. The van der Waals surface area contributed by atoms with Gasteiger partial charge < -0.3 is 19.9 Å². The number of amides is 1. The third kappa shape index (κ3) is 3.48. The Morgan fingerprint density at radius 1 is 1.04 bits per heavy atom. The summed E-state index contributed by atoms with van der Waals surface area (Å²) in [5.74, 6) is -1.29. The maximum absolute atomic E-state index is 12.3. The molecule has 0 saturated heterocycles. The van der Waals surface area contributed by atoms with E-state index in [0.29, 0.717) is 36.0 Å². The number of hydrogen-bond donors (Lipinski definition) is 2. The second-order valence-corrected chi connectivity index (χ2v) is 5.38. The van der Waals surface area contributed by atoms with Crippen molar-refractivity contribution < 1.29 is 24.2 Å². The molecular formula is C18H17NO5. The molecule has 2 aromatic rings. The number of carbonyl (C=O) groups excluding carboxylic acids is 1. The lowest BCUT2D eigenvalue weighted by Gasteiger charge is -2.21. The fourth-order valence-corrected chi connectivity index (χ4v) is 2.59. The standard InChI is InChI=1S/C18H17NO5/c20-16(11-13(18(21)22)12-5-2-1-3-6-12)19-14-7-4-8-15-17(14)24-10-9-23-15/h1-8,13H,9-11H2,(H,19,20)(H,21,22). The summed E-state index contributed by atoms with van der Waals surface area (Å²) in [5.41, 5.74) is 1.07. The molecule has 0 aromatic heterocycles. The van der Waals surface area contributed by atoms with Crippen molar-refractivity contribution in [3.63, 3.8) is 0 Å². The van der Waals surface area contributed by atoms with Crippen LogP contribution < -0.4 is 14.8 Å². The van der Waals surface area contributed by atoms with Crippen molar-refractivity contribution in [3.05, 3.63) is 54.1 Å². The molecule has 124 valence electrons. The molecule has 1 heterocycles. The van der Waals surface area contributed by atoms with Gasteiger partial charge in [-0.15, -0.1) is 0 Å². The number of para-hydroxylation sites is 1. The summed E-state index contributed by atoms with van der Waals surface area (Å²) in [6, 6.07) is 13.9. The maximum atomic E-state index is 12.3. The molecule has 0 saturated carbocycles. The first-order chi connectivity index (χ1) is 11.6. The average Bonchev–Trinajstić information content (AvgIpc) is 2.60. The molecule has 1 aliphatic rings. The smallest absolute Gasteiger partial charge is 0.311 e. The largest absolute Gasteiger partial charge is 0.486 e. The highest BCUT2D eigenvalue weighted by molar-refractivity contribution is 5.96. The molecule has 2 aromatic carbocycles. The Morgan fingerprint density at radius 3 is 2.54 bits per heavy atom. The van der Waals surface area contributed by atoms with Crippen LogP contribution in [0.5, 0.6) is 11.5 Å². The summed E-state index contributed by atoms with van der Waals surface area (Å²) in [7, 11) is 0. The summed E-state index contributed by atoms with van der Waals surface area (Å²) >= 11 is 0. The Bertz CT molecular complexity index is 744. The SMILES string of the molecule is O=C(CC(C(=O)O)c1ccccc1)Nc1cccc2c1OCCO2. The van der Waals surface area contributed by atoms with Crippen LogP contribution in [0.4, 0.5) is 5.69 Å². The van der Waals surface area contributed by atoms with Crippen LogP contribution in [0.1, 0.15) is 17.9 Å². The monoisotopic (exact) mass is 327 g/mol. The number of carboxylic acids is 1. The number of hydrogen-bond acceptors (Lipinski definition) is 4. The number of carboxylic acid groups (broad SMARTS) is 1. The van der Waals surface area contributed by atoms with Crippen LogP contribution in [0.15, 0.2) is 48.5 Å². The van der Waals surface area contributed by atoms with E-state index in [1.54, 1.807) is 48.5 Å². The number of benzene rings is 2. The molecule has 6 heteroatoms. The van der Waals surface area contributed by atoms with E-state index in [1.807, 2.05) is 0 Å². The van der Waals surface area contributed by atoms with E-state index < -0.39 is 17.8 Å². The topological polar surface area (TPSA) is 84.9 Å². The third-order valence-corrected chi connectivity index (χ3v) is 3.73. The Kier molecular flexibility index (Phi) is 4.65. The van der Waals surface area contributed by atoms with Crippen LogP contribution in [0.25, 0.3) is 0 Å². The molecule has 0 bridgehead atoms. The van der Waals surface area contributed by atoms with Crippen LogP contribution in [0.2, 0.25) is 0 Å². The van der Waals surface area contributed by atoms with E-state index in [2.05, 4.69) is 5.32 Å². The summed E-state index contributed by atoms with van der Waals surface area (Å²) in [5, 5.41) is 12.1. The Hall–Kier alpha value is -3.02. The number of fused-ring (bicyclic) bond motifs is 1. The van der Waals surface area contributed by atoms with Crippen molar-refractivity contribution in [3.8, 4) is 11.5 Å². The van der Waals surface area contributed by atoms with Gasteiger partial charge in [0.05, 0.1) is 11.6 Å². The number of aliphatic carboxylic acids is 1. The molecule has 0 fully saturated rings. The predicted molar refractivity (Wildman–Crippen MR) is 87.5 cm³/mol. The fourth-order valence-electron chi connectivity index (χ4n) is 2.59. The summed E-state index contributed by atoms with van der Waals surface area (Å²) in [6.07, 6.45) is -0.163. The first-order valence-electron chi connectivity index (χ1n) is 7.61. The van der Waals surface area contributed by atoms with Gasteiger partial charge in [0.15, 0.2) is 11.5 Å².